The summed E-state index contributed by atoms with van der Waals surface area (Å²) in [7, 11) is 1.85. The van der Waals surface area contributed by atoms with Crippen molar-refractivity contribution in [1.82, 2.24) is 4.90 Å². The highest BCUT2D eigenvalue weighted by Gasteiger charge is 2.41. The van der Waals surface area contributed by atoms with Crippen molar-refractivity contribution in [1.29, 1.82) is 0 Å². The summed E-state index contributed by atoms with van der Waals surface area (Å²) in [5, 5.41) is 20.3. The van der Waals surface area contributed by atoms with Crippen LogP contribution in [0.4, 0.5) is 0 Å². The average molecular weight is 338 g/mol. The van der Waals surface area contributed by atoms with Crippen LogP contribution in [0.15, 0.2) is 23.2 Å². The minimum atomic E-state index is -0.774. The number of aliphatic carboxylic acids is 1. The minimum Gasteiger partial charge on any atom is -0.507 e. The number of carbonyl (C=O) groups is 1. The third-order valence-electron chi connectivity index (χ3n) is 4.07. The van der Waals surface area contributed by atoms with E-state index in [1.807, 2.05) is 37.1 Å². The quantitative estimate of drug-likeness (QED) is 0.878. The van der Waals surface area contributed by atoms with Crippen LogP contribution in [0.2, 0.25) is 0 Å². The second-order valence-corrected chi connectivity index (χ2v) is 7.69. The second kappa shape index (κ2) is 6.14. The van der Waals surface area contributed by atoms with Crippen LogP contribution in [0.1, 0.15) is 11.1 Å². The molecule has 2 heterocycles. The lowest BCUT2D eigenvalue weighted by Crippen LogP contribution is -2.42. The predicted octanol–water partition coefficient (Wildman–Crippen LogP) is 2.02. The predicted molar refractivity (Wildman–Crippen MR) is 91.1 cm³/mol. The molecule has 0 unspecified atom stereocenters. The Morgan fingerprint density at radius 2 is 2.18 bits per heavy atom. The maximum atomic E-state index is 11.2. The van der Waals surface area contributed by atoms with Gasteiger partial charge in [-0.2, -0.15) is 0 Å². The second-order valence-electron chi connectivity index (χ2n) is 5.53. The zero-order valence-electron chi connectivity index (χ0n) is 12.4. The number of phenols is 1. The van der Waals surface area contributed by atoms with Gasteiger partial charge >= 0.3 is 5.97 Å². The molecule has 1 aromatic rings. The molecule has 118 valence electrons. The van der Waals surface area contributed by atoms with Crippen molar-refractivity contribution in [3.8, 4) is 5.75 Å². The lowest BCUT2D eigenvalue weighted by atomic mass is 10.1. The van der Waals surface area contributed by atoms with E-state index in [4.69, 9.17) is 4.99 Å². The number of phenolic OH excluding ortho intramolecular Hbond substituents is 1. The molecule has 0 amide bonds. The summed E-state index contributed by atoms with van der Waals surface area (Å²) in [5.41, 5.74) is 1.61. The molecule has 1 aromatic carbocycles. The fourth-order valence-electron chi connectivity index (χ4n) is 2.74. The molecule has 5 nitrogen and oxygen atoms in total. The van der Waals surface area contributed by atoms with Gasteiger partial charge in [0.25, 0.3) is 0 Å². The van der Waals surface area contributed by atoms with Crippen molar-refractivity contribution in [2.45, 2.75) is 24.4 Å². The molecule has 3 atom stereocenters. The first kappa shape index (κ1) is 15.7. The fourth-order valence-corrected chi connectivity index (χ4v) is 5.50. The number of para-hydroxylation sites is 1. The summed E-state index contributed by atoms with van der Waals surface area (Å²) in [6, 6.07) is 5.28. The Balaban J connectivity index is 1.80. The highest BCUT2D eigenvalue weighted by Crippen LogP contribution is 2.38. The number of nitrogens with zero attached hydrogens (tertiary/aromatic N) is 2. The van der Waals surface area contributed by atoms with Crippen LogP contribution in [-0.4, -0.2) is 62.1 Å². The Morgan fingerprint density at radius 3 is 2.86 bits per heavy atom. The van der Waals surface area contributed by atoms with Gasteiger partial charge in [-0.05, 0) is 25.6 Å². The third-order valence-corrected chi connectivity index (χ3v) is 6.68. The summed E-state index contributed by atoms with van der Waals surface area (Å²) in [5.74, 6) is 0.920. The molecule has 0 spiro atoms. The van der Waals surface area contributed by atoms with E-state index in [2.05, 4.69) is 0 Å². The molecular formula is C15H18N2O3S2. The molecule has 0 aliphatic carbocycles. The summed E-state index contributed by atoms with van der Waals surface area (Å²) in [4.78, 5) is 17.9. The number of aliphatic imine (C=N–C) groups is 1. The van der Waals surface area contributed by atoms with Crippen molar-refractivity contribution < 1.29 is 15.0 Å². The molecule has 2 N–H and O–H groups in total. The summed E-state index contributed by atoms with van der Waals surface area (Å²) in [6.07, 6.45) is 0. The van der Waals surface area contributed by atoms with Gasteiger partial charge in [0, 0.05) is 17.1 Å². The molecular weight excluding hydrogens is 320 g/mol. The van der Waals surface area contributed by atoms with Crippen molar-refractivity contribution in [3.63, 3.8) is 0 Å². The fraction of sp³-hybridized carbons (Fsp3) is 0.467. The molecule has 22 heavy (non-hydrogen) atoms. The lowest BCUT2D eigenvalue weighted by Gasteiger charge is -2.24. The standard InChI is InChI=1S/C15H18N2O3S2/c1-8-4-3-5-9(12(8)18)13-16-10(6-21-13)14-17(2)11(7-22-14)15(19)20/h3-5,10-11,14,18H,6-7H2,1-2H3,(H,19,20)/t10-,11-,14-/m1/s1. The minimum absolute atomic E-state index is 0.0549. The Kier molecular flexibility index (Phi) is 4.38. The lowest BCUT2D eigenvalue weighted by molar-refractivity contribution is -0.141. The van der Waals surface area contributed by atoms with Gasteiger partial charge in [-0.15, -0.1) is 23.5 Å². The van der Waals surface area contributed by atoms with E-state index < -0.39 is 12.0 Å². The molecule has 2 aliphatic rings. The maximum Gasteiger partial charge on any atom is 0.321 e. The first-order chi connectivity index (χ1) is 10.5. The third kappa shape index (κ3) is 2.73. The van der Waals surface area contributed by atoms with Crippen molar-refractivity contribution in [3.05, 3.63) is 29.3 Å². The maximum absolute atomic E-state index is 11.2. The molecule has 2 aliphatic heterocycles. The van der Waals surface area contributed by atoms with Crippen LogP contribution < -0.4 is 0 Å². The number of carboxylic acid groups (broad SMARTS) is 1. The number of thioether (sulfide) groups is 2. The molecule has 3 rings (SSSR count). The van der Waals surface area contributed by atoms with Crippen molar-refractivity contribution >= 4 is 34.5 Å². The Hall–Kier alpha value is -1.18. The first-order valence-corrected chi connectivity index (χ1v) is 9.08. The highest BCUT2D eigenvalue weighted by molar-refractivity contribution is 8.14. The molecule has 0 aromatic heterocycles. The number of rotatable bonds is 3. The van der Waals surface area contributed by atoms with Gasteiger partial charge in [-0.25, -0.2) is 0 Å². The van der Waals surface area contributed by atoms with Crippen molar-refractivity contribution in [2.24, 2.45) is 4.99 Å². The van der Waals surface area contributed by atoms with Gasteiger partial charge in [0.1, 0.15) is 16.8 Å². The van der Waals surface area contributed by atoms with Gasteiger partial charge < -0.3 is 10.2 Å². The zero-order valence-corrected chi connectivity index (χ0v) is 14.0. The Morgan fingerprint density at radius 1 is 1.41 bits per heavy atom. The summed E-state index contributed by atoms with van der Waals surface area (Å²) >= 11 is 3.28. The van der Waals surface area contributed by atoms with E-state index in [-0.39, 0.29) is 17.2 Å². The van der Waals surface area contributed by atoms with Crippen LogP contribution in [0.3, 0.4) is 0 Å². The van der Waals surface area contributed by atoms with E-state index in [0.717, 1.165) is 21.9 Å². The topological polar surface area (TPSA) is 73.1 Å². The summed E-state index contributed by atoms with van der Waals surface area (Å²) < 4.78 is 0. The number of carboxylic acids is 1. The smallest absolute Gasteiger partial charge is 0.321 e. The Bertz CT molecular complexity index is 635. The number of aryl methyl sites for hydroxylation is 1. The van der Waals surface area contributed by atoms with Crippen LogP contribution in [0, 0.1) is 6.92 Å². The normalized spacial score (nSPS) is 28.8. The number of likely N-dealkylation sites (N-methyl/N-ethyl adjacent to an activating group) is 1. The molecule has 1 fully saturated rings. The van der Waals surface area contributed by atoms with E-state index in [9.17, 15) is 15.0 Å². The molecule has 1 saturated heterocycles. The van der Waals surface area contributed by atoms with Crippen LogP contribution in [0.5, 0.6) is 5.75 Å². The van der Waals surface area contributed by atoms with Crippen LogP contribution in [0.25, 0.3) is 0 Å². The van der Waals surface area contributed by atoms with Gasteiger partial charge in [0.2, 0.25) is 0 Å². The monoisotopic (exact) mass is 338 g/mol. The molecule has 0 bridgehead atoms. The van der Waals surface area contributed by atoms with Gasteiger partial charge in [-0.1, -0.05) is 12.1 Å². The number of hydrogen-bond acceptors (Lipinski definition) is 6. The number of hydrogen-bond donors (Lipinski definition) is 2. The molecule has 7 heteroatoms. The van der Waals surface area contributed by atoms with Crippen LogP contribution >= 0.6 is 23.5 Å². The SMILES string of the molecule is Cc1cccc(C2=N[C@@H]([C@H]3SC[C@H](C(=O)O)N3C)CS2)c1O. The molecule has 0 saturated carbocycles. The molecule has 0 radical (unpaired) electrons. The zero-order chi connectivity index (χ0) is 15.9. The van der Waals surface area contributed by atoms with E-state index in [1.54, 1.807) is 23.5 Å². The Labute approximate surface area is 137 Å². The van der Waals surface area contributed by atoms with E-state index in [0.29, 0.717) is 5.75 Å². The average Bonchev–Trinajstić information content (AvgIpc) is 3.08. The number of aromatic hydroxyl groups is 1. The van der Waals surface area contributed by atoms with Crippen molar-refractivity contribution in [2.75, 3.05) is 18.6 Å². The summed E-state index contributed by atoms with van der Waals surface area (Å²) in [6.45, 7) is 1.87. The van der Waals surface area contributed by atoms with E-state index >= 15 is 0 Å². The van der Waals surface area contributed by atoms with Crippen LogP contribution in [-0.2, 0) is 4.79 Å². The van der Waals surface area contributed by atoms with E-state index in [1.165, 1.54) is 0 Å². The van der Waals surface area contributed by atoms with Gasteiger partial charge in [-0.3, -0.25) is 14.7 Å². The largest absolute Gasteiger partial charge is 0.507 e. The first-order valence-electron chi connectivity index (χ1n) is 7.05. The number of benzene rings is 1. The highest BCUT2D eigenvalue weighted by atomic mass is 32.2. The van der Waals surface area contributed by atoms with Gasteiger partial charge in [0.05, 0.1) is 11.4 Å². The van der Waals surface area contributed by atoms with Gasteiger partial charge in [0.15, 0.2) is 0 Å².